The molecule has 0 saturated heterocycles. The van der Waals surface area contributed by atoms with E-state index < -0.39 is 16.2 Å². The standard InChI is InChI=1S/C11H16O5S/c1-9(16-17(3,12)13)8-15-11-6-4-5-10(7-11)14-2/h4-7,9H,8H2,1-3H3. The molecule has 0 fully saturated rings. The molecule has 1 aromatic carbocycles. The van der Waals surface area contributed by atoms with E-state index >= 15 is 0 Å². The van der Waals surface area contributed by atoms with E-state index in [0.29, 0.717) is 11.5 Å². The molecular formula is C11H16O5S. The van der Waals surface area contributed by atoms with Gasteiger partial charge in [-0.05, 0) is 19.1 Å². The van der Waals surface area contributed by atoms with E-state index in [-0.39, 0.29) is 6.61 Å². The Balaban J connectivity index is 2.49. The van der Waals surface area contributed by atoms with Crippen LogP contribution in [0.3, 0.4) is 0 Å². The topological polar surface area (TPSA) is 61.8 Å². The first kappa shape index (κ1) is 13.8. The molecule has 1 aromatic rings. The van der Waals surface area contributed by atoms with Gasteiger partial charge in [0.2, 0.25) is 0 Å². The summed E-state index contributed by atoms with van der Waals surface area (Å²) in [6.07, 6.45) is 0.478. The zero-order valence-corrected chi connectivity index (χ0v) is 10.9. The predicted molar refractivity (Wildman–Crippen MR) is 63.9 cm³/mol. The molecule has 0 aromatic heterocycles. The van der Waals surface area contributed by atoms with Crippen LogP contribution in [0.5, 0.6) is 11.5 Å². The van der Waals surface area contributed by atoms with Crippen LogP contribution >= 0.6 is 0 Å². The zero-order chi connectivity index (χ0) is 12.9. The van der Waals surface area contributed by atoms with E-state index in [0.717, 1.165) is 6.26 Å². The van der Waals surface area contributed by atoms with Gasteiger partial charge >= 0.3 is 0 Å². The van der Waals surface area contributed by atoms with Crippen molar-refractivity contribution in [1.29, 1.82) is 0 Å². The molecule has 0 aliphatic heterocycles. The Hall–Kier alpha value is -1.27. The lowest BCUT2D eigenvalue weighted by molar-refractivity contribution is 0.150. The molecule has 5 nitrogen and oxygen atoms in total. The number of ether oxygens (including phenoxy) is 2. The van der Waals surface area contributed by atoms with E-state index in [4.69, 9.17) is 13.7 Å². The van der Waals surface area contributed by atoms with E-state index in [2.05, 4.69) is 0 Å². The zero-order valence-electron chi connectivity index (χ0n) is 10.0. The highest BCUT2D eigenvalue weighted by molar-refractivity contribution is 7.86. The Morgan fingerprint density at radius 3 is 2.53 bits per heavy atom. The van der Waals surface area contributed by atoms with Gasteiger partial charge in [0.15, 0.2) is 0 Å². The Labute approximate surface area is 101 Å². The average Bonchev–Trinajstić information content (AvgIpc) is 2.24. The van der Waals surface area contributed by atoms with Crippen molar-refractivity contribution in [3.05, 3.63) is 24.3 Å². The summed E-state index contributed by atoms with van der Waals surface area (Å²) in [5, 5.41) is 0. The minimum absolute atomic E-state index is 0.153. The molecule has 0 spiro atoms. The fourth-order valence-electron chi connectivity index (χ4n) is 1.23. The molecule has 1 atom stereocenters. The van der Waals surface area contributed by atoms with Crippen LogP contribution in [-0.2, 0) is 14.3 Å². The monoisotopic (exact) mass is 260 g/mol. The highest BCUT2D eigenvalue weighted by Crippen LogP contribution is 2.19. The second-order valence-corrected chi connectivity index (χ2v) is 5.20. The molecule has 0 radical (unpaired) electrons. The maximum Gasteiger partial charge on any atom is 0.264 e. The first-order chi connectivity index (χ1) is 7.90. The highest BCUT2D eigenvalue weighted by Gasteiger charge is 2.11. The molecule has 1 rings (SSSR count). The highest BCUT2D eigenvalue weighted by atomic mass is 32.2. The average molecular weight is 260 g/mol. The van der Waals surface area contributed by atoms with Gasteiger partial charge in [-0.15, -0.1) is 0 Å². The van der Waals surface area contributed by atoms with Gasteiger partial charge in [0, 0.05) is 6.07 Å². The second kappa shape index (κ2) is 5.88. The van der Waals surface area contributed by atoms with Crippen LogP contribution < -0.4 is 9.47 Å². The lowest BCUT2D eigenvalue weighted by atomic mass is 10.3. The molecular weight excluding hydrogens is 244 g/mol. The van der Waals surface area contributed by atoms with Crippen molar-refractivity contribution >= 4 is 10.1 Å². The predicted octanol–water partition coefficient (Wildman–Crippen LogP) is 1.44. The minimum atomic E-state index is -3.45. The second-order valence-electron chi connectivity index (χ2n) is 3.60. The number of rotatable bonds is 6. The minimum Gasteiger partial charge on any atom is -0.497 e. The van der Waals surface area contributed by atoms with E-state index in [1.807, 2.05) is 0 Å². The molecule has 0 bridgehead atoms. The van der Waals surface area contributed by atoms with Crippen LogP contribution in [0.4, 0.5) is 0 Å². The fourth-order valence-corrected chi connectivity index (χ4v) is 1.88. The Kier molecular flexibility index (Phi) is 4.77. The summed E-state index contributed by atoms with van der Waals surface area (Å²) in [5.74, 6) is 1.28. The van der Waals surface area contributed by atoms with Gasteiger partial charge in [0.25, 0.3) is 10.1 Å². The van der Waals surface area contributed by atoms with Gasteiger partial charge in [-0.1, -0.05) is 6.07 Å². The summed E-state index contributed by atoms with van der Waals surface area (Å²) < 4.78 is 36.9. The molecule has 0 amide bonds. The maximum atomic E-state index is 10.9. The van der Waals surface area contributed by atoms with Crippen molar-refractivity contribution in [3.8, 4) is 11.5 Å². The molecule has 0 aliphatic rings. The van der Waals surface area contributed by atoms with E-state index in [9.17, 15) is 8.42 Å². The molecule has 6 heteroatoms. The number of hydrogen-bond donors (Lipinski definition) is 0. The normalized spacial score (nSPS) is 13.1. The van der Waals surface area contributed by atoms with Crippen LogP contribution in [0.15, 0.2) is 24.3 Å². The summed E-state index contributed by atoms with van der Waals surface area (Å²) in [6, 6.07) is 7.06. The van der Waals surface area contributed by atoms with Gasteiger partial charge in [-0.25, -0.2) is 0 Å². The molecule has 0 saturated carbocycles. The van der Waals surface area contributed by atoms with Crippen molar-refractivity contribution < 1.29 is 22.1 Å². The van der Waals surface area contributed by atoms with E-state index in [1.54, 1.807) is 38.3 Å². The third-order valence-corrected chi connectivity index (χ3v) is 2.54. The summed E-state index contributed by atoms with van der Waals surface area (Å²) in [5.41, 5.74) is 0. The van der Waals surface area contributed by atoms with Gasteiger partial charge in [0.05, 0.1) is 13.4 Å². The molecule has 96 valence electrons. The maximum absolute atomic E-state index is 10.9. The number of hydrogen-bond acceptors (Lipinski definition) is 5. The van der Waals surface area contributed by atoms with Gasteiger partial charge in [-0.2, -0.15) is 8.42 Å². The van der Waals surface area contributed by atoms with E-state index in [1.165, 1.54) is 0 Å². The third kappa shape index (κ3) is 5.55. The molecule has 1 unspecified atom stereocenters. The van der Waals surface area contributed by atoms with Crippen LogP contribution in [0.1, 0.15) is 6.92 Å². The van der Waals surface area contributed by atoms with Crippen LogP contribution in [0.2, 0.25) is 0 Å². The first-order valence-electron chi connectivity index (χ1n) is 5.06. The van der Waals surface area contributed by atoms with Crippen molar-refractivity contribution in [1.82, 2.24) is 0 Å². The molecule has 0 aliphatic carbocycles. The van der Waals surface area contributed by atoms with Crippen LogP contribution in [0, 0.1) is 0 Å². The van der Waals surface area contributed by atoms with Crippen molar-refractivity contribution in [2.45, 2.75) is 13.0 Å². The third-order valence-electron chi connectivity index (χ3n) is 1.86. The lowest BCUT2D eigenvalue weighted by Gasteiger charge is -2.13. The molecule has 0 N–H and O–H groups in total. The summed E-state index contributed by atoms with van der Waals surface area (Å²) in [6.45, 7) is 1.78. The molecule has 0 heterocycles. The fraction of sp³-hybridized carbons (Fsp3) is 0.455. The van der Waals surface area contributed by atoms with Crippen molar-refractivity contribution in [2.24, 2.45) is 0 Å². The van der Waals surface area contributed by atoms with Gasteiger partial charge in [-0.3, -0.25) is 4.18 Å². The Morgan fingerprint density at radius 1 is 1.29 bits per heavy atom. The first-order valence-corrected chi connectivity index (χ1v) is 6.87. The Morgan fingerprint density at radius 2 is 1.94 bits per heavy atom. The number of methoxy groups -OCH3 is 1. The Bertz CT molecular complexity index is 455. The quantitative estimate of drug-likeness (QED) is 0.724. The van der Waals surface area contributed by atoms with Crippen LogP contribution in [-0.4, -0.2) is 34.5 Å². The SMILES string of the molecule is COc1cccc(OCC(C)OS(C)(=O)=O)c1. The molecule has 17 heavy (non-hydrogen) atoms. The largest absolute Gasteiger partial charge is 0.497 e. The van der Waals surface area contributed by atoms with Crippen molar-refractivity contribution in [2.75, 3.05) is 20.0 Å². The lowest BCUT2D eigenvalue weighted by Crippen LogP contribution is -2.21. The number of benzene rings is 1. The van der Waals surface area contributed by atoms with Crippen molar-refractivity contribution in [3.63, 3.8) is 0 Å². The summed E-state index contributed by atoms with van der Waals surface area (Å²) in [7, 11) is -1.88. The smallest absolute Gasteiger partial charge is 0.264 e. The van der Waals surface area contributed by atoms with Crippen LogP contribution in [0.25, 0.3) is 0 Å². The van der Waals surface area contributed by atoms with Gasteiger partial charge < -0.3 is 9.47 Å². The summed E-state index contributed by atoms with van der Waals surface area (Å²) in [4.78, 5) is 0. The summed E-state index contributed by atoms with van der Waals surface area (Å²) >= 11 is 0. The van der Waals surface area contributed by atoms with Gasteiger partial charge in [0.1, 0.15) is 24.2 Å².